The quantitative estimate of drug-likeness (QED) is 0.605. The smallest absolute Gasteiger partial charge is 0.257 e. The van der Waals surface area contributed by atoms with Crippen molar-refractivity contribution < 1.29 is 23.4 Å². The average Bonchev–Trinajstić information content (AvgIpc) is 3.06. The summed E-state index contributed by atoms with van der Waals surface area (Å²) in [7, 11) is 3.05. The summed E-state index contributed by atoms with van der Waals surface area (Å²) < 4.78 is 30.1. The average molecular weight is 400 g/mol. The Balaban J connectivity index is 1.60. The molecule has 0 radical (unpaired) electrons. The molecule has 0 unspecified atom stereocenters. The van der Waals surface area contributed by atoms with E-state index < -0.39 is 0 Å². The van der Waals surface area contributed by atoms with Gasteiger partial charge in [-0.2, -0.15) is 0 Å². The van der Waals surface area contributed by atoms with Crippen LogP contribution >= 0.6 is 0 Å². The SMILES string of the molecule is COc1cccc(OCC(=O)NCCc2c(C)[nH]c3c(F)ccc(C)c23)c1OC. The van der Waals surface area contributed by atoms with Gasteiger partial charge in [0, 0.05) is 17.6 Å². The topological polar surface area (TPSA) is 72.6 Å². The number of para-hydroxylation sites is 1. The second kappa shape index (κ2) is 8.86. The molecule has 0 aliphatic heterocycles. The Morgan fingerprint density at radius 3 is 2.59 bits per heavy atom. The van der Waals surface area contributed by atoms with Gasteiger partial charge >= 0.3 is 0 Å². The standard InChI is InChI=1S/C22H25FN2O4/c1-13-8-9-16(23)21-20(13)15(14(2)25-21)10-11-24-19(26)12-29-18-7-5-6-17(27-3)22(18)28-4/h5-9,25H,10-12H2,1-4H3,(H,24,26). The van der Waals surface area contributed by atoms with Crippen molar-refractivity contribution in [2.24, 2.45) is 0 Å². The molecule has 2 aromatic carbocycles. The Labute approximate surface area is 169 Å². The lowest BCUT2D eigenvalue weighted by molar-refractivity contribution is -0.123. The van der Waals surface area contributed by atoms with Gasteiger partial charge in [-0.1, -0.05) is 12.1 Å². The highest BCUT2D eigenvalue weighted by Gasteiger charge is 2.15. The number of carbonyl (C=O) groups excluding carboxylic acids is 1. The third-order valence-electron chi connectivity index (χ3n) is 4.85. The molecular formula is C22H25FN2O4. The summed E-state index contributed by atoms with van der Waals surface area (Å²) in [6.07, 6.45) is 0.588. The molecule has 0 saturated heterocycles. The molecule has 1 amide bonds. The van der Waals surface area contributed by atoms with Crippen LogP contribution < -0.4 is 19.5 Å². The Kier molecular flexibility index (Phi) is 6.26. The molecule has 154 valence electrons. The lowest BCUT2D eigenvalue weighted by Crippen LogP contribution is -2.30. The number of aryl methyl sites for hydroxylation is 2. The molecule has 0 fully saturated rings. The van der Waals surface area contributed by atoms with Gasteiger partial charge in [0.15, 0.2) is 18.1 Å². The van der Waals surface area contributed by atoms with Crippen molar-refractivity contribution >= 4 is 16.8 Å². The molecule has 0 aliphatic rings. The Bertz CT molecular complexity index is 1030. The molecule has 7 heteroatoms. The number of carbonyl (C=O) groups is 1. The highest BCUT2D eigenvalue weighted by atomic mass is 19.1. The number of fused-ring (bicyclic) bond motifs is 1. The minimum absolute atomic E-state index is 0.149. The van der Waals surface area contributed by atoms with Gasteiger partial charge in [0.2, 0.25) is 5.75 Å². The zero-order valence-corrected chi connectivity index (χ0v) is 17.0. The lowest BCUT2D eigenvalue weighted by Gasteiger charge is -2.13. The van der Waals surface area contributed by atoms with Crippen LogP contribution in [0.15, 0.2) is 30.3 Å². The highest BCUT2D eigenvalue weighted by molar-refractivity contribution is 5.88. The molecule has 29 heavy (non-hydrogen) atoms. The van der Waals surface area contributed by atoms with Gasteiger partial charge in [-0.25, -0.2) is 4.39 Å². The van der Waals surface area contributed by atoms with E-state index in [-0.39, 0.29) is 18.3 Å². The Morgan fingerprint density at radius 1 is 1.10 bits per heavy atom. The van der Waals surface area contributed by atoms with E-state index in [1.807, 2.05) is 13.8 Å². The van der Waals surface area contributed by atoms with Crippen LogP contribution in [0.25, 0.3) is 10.9 Å². The van der Waals surface area contributed by atoms with Crippen LogP contribution in [0.5, 0.6) is 17.2 Å². The predicted octanol–water partition coefficient (Wildman–Crippen LogP) is 3.68. The fraction of sp³-hybridized carbons (Fsp3) is 0.318. The first-order valence-corrected chi connectivity index (χ1v) is 9.33. The molecular weight excluding hydrogens is 375 g/mol. The molecule has 3 aromatic rings. The minimum Gasteiger partial charge on any atom is -0.493 e. The number of rotatable bonds is 8. The first-order chi connectivity index (χ1) is 14.0. The van der Waals surface area contributed by atoms with Crippen LogP contribution in [0.1, 0.15) is 16.8 Å². The summed E-state index contributed by atoms with van der Waals surface area (Å²) in [6.45, 7) is 4.13. The molecule has 0 spiro atoms. The fourth-order valence-electron chi connectivity index (χ4n) is 3.45. The molecule has 6 nitrogen and oxygen atoms in total. The summed E-state index contributed by atoms with van der Waals surface area (Å²) in [5.41, 5.74) is 3.42. The summed E-state index contributed by atoms with van der Waals surface area (Å²) in [5.74, 6) is 0.873. The van der Waals surface area contributed by atoms with Crippen LogP contribution in [0.4, 0.5) is 4.39 Å². The molecule has 2 N–H and O–H groups in total. The third kappa shape index (κ3) is 4.29. The maximum absolute atomic E-state index is 14.1. The summed E-state index contributed by atoms with van der Waals surface area (Å²) >= 11 is 0. The van der Waals surface area contributed by atoms with Gasteiger partial charge in [0.05, 0.1) is 19.7 Å². The number of benzene rings is 2. The first-order valence-electron chi connectivity index (χ1n) is 9.33. The van der Waals surface area contributed by atoms with E-state index in [0.717, 1.165) is 22.2 Å². The van der Waals surface area contributed by atoms with E-state index in [4.69, 9.17) is 14.2 Å². The fourth-order valence-corrected chi connectivity index (χ4v) is 3.45. The normalized spacial score (nSPS) is 10.8. The monoisotopic (exact) mass is 400 g/mol. The van der Waals surface area contributed by atoms with Crippen molar-refractivity contribution in [1.29, 1.82) is 0 Å². The number of hydrogen-bond donors (Lipinski definition) is 2. The molecule has 1 aromatic heterocycles. The van der Waals surface area contributed by atoms with E-state index in [9.17, 15) is 9.18 Å². The number of nitrogens with one attached hydrogen (secondary N) is 2. The molecule has 1 heterocycles. The Morgan fingerprint density at radius 2 is 1.86 bits per heavy atom. The molecule has 0 bridgehead atoms. The lowest BCUT2D eigenvalue weighted by atomic mass is 10.0. The number of ether oxygens (including phenoxy) is 3. The molecule has 0 atom stereocenters. The maximum atomic E-state index is 14.1. The zero-order chi connectivity index (χ0) is 21.0. The van der Waals surface area contributed by atoms with Crippen molar-refractivity contribution in [1.82, 2.24) is 10.3 Å². The summed E-state index contributed by atoms with van der Waals surface area (Å²) in [5, 5.41) is 3.72. The van der Waals surface area contributed by atoms with Crippen molar-refractivity contribution in [3.05, 3.63) is 53.0 Å². The van der Waals surface area contributed by atoms with Crippen molar-refractivity contribution in [2.75, 3.05) is 27.4 Å². The van der Waals surface area contributed by atoms with Gasteiger partial charge in [0.1, 0.15) is 5.82 Å². The van der Waals surface area contributed by atoms with E-state index in [0.29, 0.717) is 35.7 Å². The van der Waals surface area contributed by atoms with Crippen LogP contribution in [0.2, 0.25) is 0 Å². The largest absolute Gasteiger partial charge is 0.493 e. The Hall–Kier alpha value is -3.22. The summed E-state index contributed by atoms with van der Waals surface area (Å²) in [4.78, 5) is 15.3. The van der Waals surface area contributed by atoms with Gasteiger partial charge in [-0.05, 0) is 49.6 Å². The number of hydrogen-bond acceptors (Lipinski definition) is 4. The van der Waals surface area contributed by atoms with Gasteiger partial charge in [-0.15, -0.1) is 0 Å². The molecule has 3 rings (SSSR count). The number of aromatic amines is 1. The minimum atomic E-state index is -0.273. The van der Waals surface area contributed by atoms with Gasteiger partial charge in [-0.3, -0.25) is 4.79 Å². The number of halogens is 1. The number of methoxy groups -OCH3 is 2. The molecule has 0 saturated carbocycles. The number of H-pyrrole nitrogens is 1. The van der Waals surface area contributed by atoms with E-state index >= 15 is 0 Å². The van der Waals surface area contributed by atoms with Crippen LogP contribution in [-0.4, -0.2) is 38.3 Å². The molecule has 0 aliphatic carbocycles. The predicted molar refractivity (Wildman–Crippen MR) is 109 cm³/mol. The van der Waals surface area contributed by atoms with Crippen molar-refractivity contribution in [3.8, 4) is 17.2 Å². The second-order valence-corrected chi connectivity index (χ2v) is 6.72. The maximum Gasteiger partial charge on any atom is 0.257 e. The van der Waals surface area contributed by atoms with E-state index in [1.165, 1.54) is 20.3 Å². The van der Waals surface area contributed by atoms with Gasteiger partial charge in [0.25, 0.3) is 5.91 Å². The number of amides is 1. The zero-order valence-electron chi connectivity index (χ0n) is 17.0. The first kappa shape index (κ1) is 20.5. The van der Waals surface area contributed by atoms with E-state index in [2.05, 4.69) is 10.3 Å². The van der Waals surface area contributed by atoms with Crippen LogP contribution in [0.3, 0.4) is 0 Å². The van der Waals surface area contributed by atoms with Crippen molar-refractivity contribution in [3.63, 3.8) is 0 Å². The van der Waals surface area contributed by atoms with Crippen molar-refractivity contribution in [2.45, 2.75) is 20.3 Å². The number of aromatic nitrogens is 1. The third-order valence-corrected chi connectivity index (χ3v) is 4.85. The van der Waals surface area contributed by atoms with Gasteiger partial charge < -0.3 is 24.5 Å². The highest BCUT2D eigenvalue weighted by Crippen LogP contribution is 2.36. The summed E-state index contributed by atoms with van der Waals surface area (Å²) in [6, 6.07) is 8.45. The van der Waals surface area contributed by atoms with Crippen LogP contribution in [0, 0.1) is 19.7 Å². The second-order valence-electron chi connectivity index (χ2n) is 6.72. The van der Waals surface area contributed by atoms with Crippen LogP contribution in [-0.2, 0) is 11.2 Å². The van der Waals surface area contributed by atoms with E-state index in [1.54, 1.807) is 24.3 Å².